The van der Waals surface area contributed by atoms with Crippen LogP contribution in [-0.4, -0.2) is 31.7 Å². The maximum absolute atomic E-state index is 12.9. The minimum atomic E-state index is -0.284. The van der Waals surface area contributed by atoms with E-state index in [0.29, 0.717) is 13.2 Å². The average Bonchev–Trinajstić information content (AvgIpc) is 3.12. The number of benzene rings is 1. The molecule has 0 radical (unpaired) electrons. The van der Waals surface area contributed by atoms with E-state index in [0.717, 1.165) is 10.6 Å². The average molecular weight is 319 g/mol. The number of rotatable bonds is 5. The van der Waals surface area contributed by atoms with Crippen LogP contribution in [0.2, 0.25) is 0 Å². The molecule has 2 heterocycles. The van der Waals surface area contributed by atoms with Gasteiger partial charge in [-0.05, 0) is 52.7 Å². The lowest BCUT2D eigenvalue weighted by atomic mass is 10.2. The predicted molar refractivity (Wildman–Crippen MR) is 81.4 cm³/mol. The van der Waals surface area contributed by atoms with Crippen molar-refractivity contribution in [1.29, 1.82) is 0 Å². The summed E-state index contributed by atoms with van der Waals surface area (Å²) in [5, 5.41) is 10.4. The Labute approximate surface area is 130 Å². The lowest BCUT2D eigenvalue weighted by Gasteiger charge is -2.15. The Balaban J connectivity index is 1.71. The SMILES string of the molecule is CN(Cc1ccc(F)cc1)Cn1nnn(-c2cccs2)c1=O. The molecule has 2 aromatic heterocycles. The lowest BCUT2D eigenvalue weighted by molar-refractivity contribution is 0.239. The maximum Gasteiger partial charge on any atom is 0.370 e. The van der Waals surface area contributed by atoms with E-state index in [1.54, 1.807) is 12.1 Å². The molecule has 0 N–H and O–H groups in total. The second kappa shape index (κ2) is 6.20. The Kier molecular flexibility index (Phi) is 4.12. The van der Waals surface area contributed by atoms with Gasteiger partial charge in [0, 0.05) is 6.54 Å². The van der Waals surface area contributed by atoms with E-state index >= 15 is 0 Å². The van der Waals surface area contributed by atoms with Crippen molar-refractivity contribution in [2.45, 2.75) is 13.2 Å². The fourth-order valence-corrected chi connectivity index (χ4v) is 2.74. The van der Waals surface area contributed by atoms with Crippen molar-refractivity contribution in [3.8, 4) is 5.00 Å². The first-order valence-corrected chi connectivity index (χ1v) is 7.51. The third-order valence-electron chi connectivity index (χ3n) is 3.10. The molecule has 8 heteroatoms. The quantitative estimate of drug-likeness (QED) is 0.718. The van der Waals surface area contributed by atoms with Crippen LogP contribution in [0.5, 0.6) is 0 Å². The van der Waals surface area contributed by atoms with E-state index < -0.39 is 0 Å². The van der Waals surface area contributed by atoms with Gasteiger partial charge < -0.3 is 0 Å². The summed E-state index contributed by atoms with van der Waals surface area (Å²) in [4.78, 5) is 14.1. The molecule has 0 amide bonds. The van der Waals surface area contributed by atoms with Gasteiger partial charge in [-0.25, -0.2) is 9.18 Å². The van der Waals surface area contributed by atoms with Crippen molar-refractivity contribution in [1.82, 2.24) is 24.7 Å². The minimum Gasteiger partial charge on any atom is -0.283 e. The first-order chi connectivity index (χ1) is 10.6. The fraction of sp³-hybridized carbons (Fsp3) is 0.214. The van der Waals surface area contributed by atoms with E-state index in [1.165, 1.54) is 32.8 Å². The summed E-state index contributed by atoms with van der Waals surface area (Å²) in [7, 11) is 1.86. The highest BCUT2D eigenvalue weighted by Gasteiger charge is 2.11. The van der Waals surface area contributed by atoms with Crippen molar-refractivity contribution >= 4 is 11.3 Å². The number of nitrogens with zero attached hydrogens (tertiary/aromatic N) is 5. The minimum absolute atomic E-state index is 0.262. The fourth-order valence-electron chi connectivity index (χ4n) is 2.07. The molecule has 0 saturated carbocycles. The number of thiophene rings is 1. The summed E-state index contributed by atoms with van der Waals surface area (Å²) in [6, 6.07) is 9.94. The third-order valence-corrected chi connectivity index (χ3v) is 3.94. The van der Waals surface area contributed by atoms with Crippen LogP contribution in [0.25, 0.3) is 5.00 Å². The monoisotopic (exact) mass is 319 g/mol. The van der Waals surface area contributed by atoms with Gasteiger partial charge in [0.05, 0.1) is 0 Å². The van der Waals surface area contributed by atoms with E-state index in [1.807, 2.05) is 29.5 Å². The van der Waals surface area contributed by atoms with E-state index in [2.05, 4.69) is 10.4 Å². The molecule has 0 unspecified atom stereocenters. The Morgan fingerprint density at radius 3 is 2.68 bits per heavy atom. The summed E-state index contributed by atoms with van der Waals surface area (Å²) < 4.78 is 15.5. The Hall–Kier alpha value is -2.32. The summed E-state index contributed by atoms with van der Waals surface area (Å²) in [5.74, 6) is -0.262. The Morgan fingerprint density at radius 2 is 2.00 bits per heavy atom. The summed E-state index contributed by atoms with van der Waals surface area (Å²) in [6.07, 6.45) is 0. The van der Waals surface area contributed by atoms with Crippen LogP contribution in [0.1, 0.15) is 5.56 Å². The molecule has 0 aliphatic heterocycles. The van der Waals surface area contributed by atoms with Crippen LogP contribution in [0.3, 0.4) is 0 Å². The molecule has 114 valence electrons. The summed E-state index contributed by atoms with van der Waals surface area (Å²) >= 11 is 1.42. The number of tetrazole rings is 1. The molecule has 0 spiro atoms. The molecule has 1 aromatic carbocycles. The molecule has 0 fully saturated rings. The van der Waals surface area contributed by atoms with Gasteiger partial charge in [0.25, 0.3) is 0 Å². The number of hydrogen-bond acceptors (Lipinski definition) is 5. The highest BCUT2D eigenvalue weighted by molar-refractivity contribution is 7.12. The van der Waals surface area contributed by atoms with Gasteiger partial charge in [0.2, 0.25) is 0 Å². The second-order valence-electron chi connectivity index (χ2n) is 4.91. The van der Waals surface area contributed by atoms with Crippen molar-refractivity contribution in [2.75, 3.05) is 7.05 Å². The molecular formula is C14H14FN5OS. The van der Waals surface area contributed by atoms with Crippen molar-refractivity contribution in [2.24, 2.45) is 0 Å². The zero-order valence-corrected chi connectivity index (χ0v) is 12.7. The van der Waals surface area contributed by atoms with Gasteiger partial charge >= 0.3 is 5.69 Å². The molecule has 0 saturated heterocycles. The van der Waals surface area contributed by atoms with Gasteiger partial charge in [-0.3, -0.25) is 4.90 Å². The van der Waals surface area contributed by atoms with Gasteiger partial charge in [-0.1, -0.05) is 12.1 Å². The van der Waals surface area contributed by atoms with Crippen molar-refractivity contribution < 1.29 is 4.39 Å². The number of hydrogen-bond donors (Lipinski definition) is 0. The molecule has 0 atom stereocenters. The van der Waals surface area contributed by atoms with Gasteiger partial charge in [-0.2, -0.15) is 9.36 Å². The van der Waals surface area contributed by atoms with Crippen LogP contribution in [-0.2, 0) is 13.2 Å². The number of halogens is 1. The molecule has 6 nitrogen and oxygen atoms in total. The smallest absolute Gasteiger partial charge is 0.283 e. The first kappa shape index (κ1) is 14.6. The van der Waals surface area contributed by atoms with Crippen molar-refractivity contribution in [3.63, 3.8) is 0 Å². The molecule has 3 rings (SSSR count). The molecule has 3 aromatic rings. The van der Waals surface area contributed by atoms with Crippen molar-refractivity contribution in [3.05, 3.63) is 63.6 Å². The predicted octanol–water partition coefficient (Wildman–Crippen LogP) is 1.72. The molecular weight excluding hydrogens is 305 g/mol. The third kappa shape index (κ3) is 3.12. The second-order valence-corrected chi connectivity index (χ2v) is 5.83. The van der Waals surface area contributed by atoms with Crippen LogP contribution in [0.4, 0.5) is 4.39 Å². The number of aromatic nitrogens is 4. The normalized spacial score (nSPS) is 11.2. The van der Waals surface area contributed by atoms with E-state index in [4.69, 9.17) is 0 Å². The Bertz CT molecular complexity index is 794. The lowest BCUT2D eigenvalue weighted by Crippen LogP contribution is -2.31. The highest BCUT2D eigenvalue weighted by Crippen LogP contribution is 2.10. The van der Waals surface area contributed by atoms with Crippen LogP contribution in [0, 0.1) is 5.82 Å². The largest absolute Gasteiger partial charge is 0.370 e. The zero-order valence-electron chi connectivity index (χ0n) is 11.9. The maximum atomic E-state index is 12.9. The van der Waals surface area contributed by atoms with Crippen LogP contribution >= 0.6 is 11.3 Å². The van der Waals surface area contributed by atoms with Gasteiger partial charge in [0.15, 0.2) is 0 Å². The highest BCUT2D eigenvalue weighted by atomic mass is 32.1. The van der Waals surface area contributed by atoms with Gasteiger partial charge in [0.1, 0.15) is 17.5 Å². The van der Waals surface area contributed by atoms with Crippen LogP contribution in [0.15, 0.2) is 46.6 Å². The standard InChI is InChI=1S/C14H14FN5OS/c1-18(9-11-4-6-12(15)7-5-11)10-19-14(21)20(17-16-19)13-3-2-8-22-13/h2-8H,9-10H2,1H3. The Morgan fingerprint density at radius 1 is 1.23 bits per heavy atom. The summed E-state index contributed by atoms with van der Waals surface area (Å²) in [5.41, 5.74) is 0.677. The zero-order chi connectivity index (χ0) is 15.5. The van der Waals surface area contributed by atoms with E-state index in [9.17, 15) is 9.18 Å². The molecule has 0 aliphatic rings. The van der Waals surface area contributed by atoms with Gasteiger partial charge in [-0.15, -0.1) is 11.3 Å². The molecule has 0 bridgehead atoms. The van der Waals surface area contributed by atoms with E-state index in [-0.39, 0.29) is 11.5 Å². The summed E-state index contributed by atoms with van der Waals surface area (Å²) in [6.45, 7) is 0.889. The molecule has 22 heavy (non-hydrogen) atoms. The topological polar surface area (TPSA) is 56.0 Å². The first-order valence-electron chi connectivity index (χ1n) is 6.63. The van der Waals surface area contributed by atoms with Crippen LogP contribution < -0.4 is 5.69 Å². The molecule has 0 aliphatic carbocycles.